The third-order valence-electron chi connectivity index (χ3n) is 4.18. The minimum absolute atomic E-state index is 0.0504. The van der Waals surface area contributed by atoms with Gasteiger partial charge in [-0.2, -0.15) is 9.97 Å². The second-order valence-electron chi connectivity index (χ2n) is 6.18. The predicted molar refractivity (Wildman–Crippen MR) is 109 cm³/mol. The lowest BCUT2D eigenvalue weighted by Gasteiger charge is -2.22. The van der Waals surface area contributed by atoms with Gasteiger partial charge < -0.3 is 24.7 Å². The molecule has 12 nitrogen and oxygen atoms in total. The molecular weight excluding hydrogens is 410 g/mol. The minimum Gasteiger partial charge on any atom is -0.493 e. The predicted octanol–water partition coefficient (Wildman–Crippen LogP) is 2.47. The van der Waals surface area contributed by atoms with Crippen molar-refractivity contribution in [2.75, 3.05) is 37.6 Å². The summed E-state index contributed by atoms with van der Waals surface area (Å²) in [6.07, 6.45) is 2.53. The van der Waals surface area contributed by atoms with Crippen LogP contribution in [0.2, 0.25) is 0 Å². The summed E-state index contributed by atoms with van der Waals surface area (Å²) < 4.78 is 21.5. The van der Waals surface area contributed by atoms with Crippen LogP contribution in [0.15, 0.2) is 30.4 Å². The Hall–Kier alpha value is -4.09. The van der Waals surface area contributed by atoms with Gasteiger partial charge in [-0.15, -0.1) is 0 Å². The molecule has 164 valence electrons. The summed E-state index contributed by atoms with van der Waals surface area (Å²) >= 11 is 0. The SMILES string of the molecule is CCOC(=O)N1Cc2ccc(OC)c(c2)OCC=CCOc2nc(N)c([N+](=O)[O-])c1n2. The monoisotopic (exact) mass is 431 g/mol. The Kier molecular flexibility index (Phi) is 6.70. The smallest absolute Gasteiger partial charge is 0.415 e. The number of hydrogen-bond donors (Lipinski definition) is 1. The highest BCUT2D eigenvalue weighted by atomic mass is 16.6. The molecule has 0 fully saturated rings. The molecule has 1 aromatic heterocycles. The number of ether oxygens (including phenoxy) is 4. The van der Waals surface area contributed by atoms with E-state index in [1.165, 1.54) is 7.11 Å². The lowest BCUT2D eigenvalue weighted by molar-refractivity contribution is -0.383. The Bertz CT molecular complexity index is 1010. The van der Waals surface area contributed by atoms with Gasteiger partial charge in [0.15, 0.2) is 11.5 Å². The quantitative estimate of drug-likeness (QED) is 0.435. The largest absolute Gasteiger partial charge is 0.493 e. The Morgan fingerprint density at radius 2 is 2.03 bits per heavy atom. The van der Waals surface area contributed by atoms with Crippen molar-refractivity contribution in [1.82, 2.24) is 9.97 Å². The number of carbonyl (C=O) groups is 1. The number of aromatic nitrogens is 2. The molecule has 0 saturated carbocycles. The molecule has 12 heteroatoms. The molecule has 3 rings (SSSR count). The van der Waals surface area contributed by atoms with Gasteiger partial charge in [0.2, 0.25) is 11.6 Å². The molecule has 0 aliphatic carbocycles. The summed E-state index contributed by atoms with van der Waals surface area (Å²) in [7, 11) is 1.50. The van der Waals surface area contributed by atoms with Gasteiger partial charge in [0.1, 0.15) is 13.2 Å². The van der Waals surface area contributed by atoms with E-state index in [0.717, 1.165) is 4.90 Å². The van der Waals surface area contributed by atoms with E-state index in [-0.39, 0.29) is 38.2 Å². The molecule has 1 aliphatic rings. The van der Waals surface area contributed by atoms with Gasteiger partial charge in [0.05, 0.1) is 25.2 Å². The van der Waals surface area contributed by atoms with Crippen molar-refractivity contribution in [2.45, 2.75) is 13.5 Å². The summed E-state index contributed by atoms with van der Waals surface area (Å²) in [5, 5.41) is 11.7. The van der Waals surface area contributed by atoms with Gasteiger partial charge in [0, 0.05) is 0 Å². The van der Waals surface area contributed by atoms with Crippen LogP contribution in [0, 0.1) is 10.1 Å². The van der Waals surface area contributed by atoms with Crippen LogP contribution in [0.3, 0.4) is 0 Å². The normalized spacial score (nSPS) is 13.4. The lowest BCUT2D eigenvalue weighted by Crippen LogP contribution is -2.33. The van der Waals surface area contributed by atoms with E-state index in [0.29, 0.717) is 17.1 Å². The van der Waals surface area contributed by atoms with Crippen LogP contribution >= 0.6 is 0 Å². The molecular formula is C19H21N5O7. The zero-order valence-corrected chi connectivity index (χ0v) is 16.9. The van der Waals surface area contributed by atoms with Crippen LogP contribution in [0.5, 0.6) is 17.5 Å². The van der Waals surface area contributed by atoms with E-state index in [1.54, 1.807) is 37.3 Å². The number of nitrogen functional groups attached to an aromatic ring is 1. The van der Waals surface area contributed by atoms with Crippen molar-refractivity contribution in [3.05, 3.63) is 46.0 Å². The maximum absolute atomic E-state index is 12.7. The number of fused-ring (bicyclic) bond motifs is 4. The molecule has 0 atom stereocenters. The molecule has 2 N–H and O–H groups in total. The van der Waals surface area contributed by atoms with Crippen molar-refractivity contribution < 1.29 is 28.7 Å². The summed E-state index contributed by atoms with van der Waals surface area (Å²) in [5.41, 5.74) is 5.75. The number of carbonyl (C=O) groups excluding carboxylic acids is 1. The lowest BCUT2D eigenvalue weighted by atomic mass is 10.2. The van der Waals surface area contributed by atoms with Gasteiger partial charge in [-0.05, 0) is 36.8 Å². The standard InChI is InChI=1S/C19H21N5O7/c1-3-29-19(25)23-11-12-6-7-13(28-2)14(10-12)30-8-4-5-9-31-18-21-16(20)15(24(26)27)17(23)22-18/h4-7,10H,3,8-9,11H2,1-2H3,(H2,20,21,22). The number of nitro groups is 1. The van der Waals surface area contributed by atoms with Crippen LogP contribution in [-0.4, -0.2) is 47.9 Å². The number of benzene rings is 1. The average Bonchev–Trinajstić information content (AvgIpc) is 2.73. The summed E-state index contributed by atoms with van der Waals surface area (Å²) in [4.78, 5) is 32.5. The highest BCUT2D eigenvalue weighted by Crippen LogP contribution is 2.35. The molecule has 1 aliphatic heterocycles. The van der Waals surface area contributed by atoms with Crippen LogP contribution < -0.4 is 24.8 Å². The number of amides is 1. The van der Waals surface area contributed by atoms with Crippen molar-refractivity contribution in [3.63, 3.8) is 0 Å². The van der Waals surface area contributed by atoms with E-state index in [2.05, 4.69) is 9.97 Å². The maximum atomic E-state index is 12.7. The van der Waals surface area contributed by atoms with E-state index in [9.17, 15) is 14.9 Å². The van der Waals surface area contributed by atoms with Gasteiger partial charge in [-0.3, -0.25) is 15.0 Å². The summed E-state index contributed by atoms with van der Waals surface area (Å²) in [5.74, 6) is 0.144. The van der Waals surface area contributed by atoms with Gasteiger partial charge in [-0.1, -0.05) is 6.07 Å². The van der Waals surface area contributed by atoms with Crippen molar-refractivity contribution >= 4 is 23.4 Å². The Labute approximate surface area is 177 Å². The van der Waals surface area contributed by atoms with Crippen LogP contribution in [-0.2, 0) is 11.3 Å². The third kappa shape index (κ3) is 4.91. The maximum Gasteiger partial charge on any atom is 0.415 e. The molecule has 0 saturated heterocycles. The Morgan fingerprint density at radius 3 is 2.71 bits per heavy atom. The highest BCUT2D eigenvalue weighted by molar-refractivity contribution is 5.90. The second-order valence-corrected chi connectivity index (χ2v) is 6.18. The van der Waals surface area contributed by atoms with E-state index in [4.69, 9.17) is 24.7 Å². The van der Waals surface area contributed by atoms with Crippen LogP contribution in [0.25, 0.3) is 0 Å². The number of rotatable bonds is 3. The molecule has 0 spiro atoms. The van der Waals surface area contributed by atoms with E-state index < -0.39 is 22.5 Å². The molecule has 1 amide bonds. The molecule has 2 heterocycles. The molecule has 31 heavy (non-hydrogen) atoms. The molecule has 0 radical (unpaired) electrons. The zero-order valence-electron chi connectivity index (χ0n) is 16.9. The number of nitrogens with zero attached hydrogens (tertiary/aromatic N) is 4. The van der Waals surface area contributed by atoms with E-state index >= 15 is 0 Å². The Morgan fingerprint density at radius 1 is 1.29 bits per heavy atom. The second kappa shape index (κ2) is 9.61. The fourth-order valence-corrected chi connectivity index (χ4v) is 2.81. The van der Waals surface area contributed by atoms with Crippen molar-refractivity contribution in [2.24, 2.45) is 0 Å². The zero-order chi connectivity index (χ0) is 22.4. The third-order valence-corrected chi connectivity index (χ3v) is 4.18. The Balaban J connectivity index is 2.18. The number of hydrogen-bond acceptors (Lipinski definition) is 10. The molecule has 0 unspecified atom stereocenters. The van der Waals surface area contributed by atoms with E-state index in [1.807, 2.05) is 0 Å². The van der Waals surface area contributed by atoms with Crippen molar-refractivity contribution in [3.8, 4) is 17.5 Å². The van der Waals surface area contributed by atoms with Crippen molar-refractivity contribution in [1.29, 1.82) is 0 Å². The topological polar surface area (TPSA) is 152 Å². The van der Waals surface area contributed by atoms with Crippen LogP contribution in [0.1, 0.15) is 12.5 Å². The van der Waals surface area contributed by atoms with Gasteiger partial charge in [-0.25, -0.2) is 4.79 Å². The first-order valence-electron chi connectivity index (χ1n) is 9.28. The average molecular weight is 431 g/mol. The summed E-state index contributed by atoms with van der Waals surface area (Å²) in [6, 6.07) is 4.80. The van der Waals surface area contributed by atoms with Gasteiger partial charge in [0.25, 0.3) is 0 Å². The molecule has 2 aromatic rings. The fraction of sp³-hybridized carbons (Fsp3) is 0.316. The first-order chi connectivity index (χ1) is 14.9. The van der Waals surface area contributed by atoms with Gasteiger partial charge >= 0.3 is 17.8 Å². The highest BCUT2D eigenvalue weighted by Gasteiger charge is 2.32. The fourth-order valence-electron chi connectivity index (χ4n) is 2.81. The molecule has 1 aromatic carbocycles. The number of anilines is 2. The number of nitrogens with two attached hydrogens (primary N) is 1. The number of methoxy groups -OCH3 is 1. The first-order valence-corrected chi connectivity index (χ1v) is 9.28. The first kappa shape index (κ1) is 21.6. The van der Waals surface area contributed by atoms with Crippen LogP contribution in [0.4, 0.5) is 22.1 Å². The minimum atomic E-state index is -0.847. The summed E-state index contributed by atoms with van der Waals surface area (Å²) in [6.45, 7) is 1.83. The molecule has 4 bridgehead atoms.